The van der Waals surface area contributed by atoms with Crippen LogP contribution in [0.5, 0.6) is 11.5 Å². The van der Waals surface area contributed by atoms with Crippen LogP contribution in [0.25, 0.3) is 10.8 Å². The lowest BCUT2D eigenvalue weighted by atomic mass is 10.1. The van der Waals surface area contributed by atoms with Crippen LogP contribution < -0.4 is 0 Å². The molecular weight excluding hydrogens is 232 g/mol. The molecule has 0 aromatic heterocycles. The Labute approximate surface area is 83.6 Å². The summed E-state index contributed by atoms with van der Waals surface area (Å²) in [6.45, 7) is 0. The van der Waals surface area contributed by atoms with Crippen LogP contribution in [-0.2, 0) is 0 Å². The number of rotatable bonds is 0. The molecule has 0 aliphatic rings. The predicted molar refractivity (Wildman–Crippen MR) is 55.0 cm³/mol. The van der Waals surface area contributed by atoms with E-state index in [4.69, 9.17) is 0 Å². The van der Waals surface area contributed by atoms with Gasteiger partial charge in [-0.25, -0.2) is 0 Å². The van der Waals surface area contributed by atoms with Crippen molar-refractivity contribution in [1.29, 1.82) is 0 Å². The van der Waals surface area contributed by atoms with Crippen LogP contribution in [0.2, 0.25) is 0 Å². The molecule has 0 aliphatic carbocycles. The number of phenols is 2. The topological polar surface area (TPSA) is 40.5 Å². The molecule has 3 heteroatoms. The zero-order chi connectivity index (χ0) is 9.42. The normalized spacial score (nSPS) is 10.5. The molecule has 2 aromatic carbocycles. The van der Waals surface area contributed by atoms with Crippen molar-refractivity contribution in [3.05, 3.63) is 34.8 Å². The smallest absolute Gasteiger partial charge is 0.128 e. The Hall–Kier alpha value is -1.22. The van der Waals surface area contributed by atoms with Gasteiger partial charge in [0.25, 0.3) is 0 Å². The Bertz CT molecular complexity index is 466. The molecule has 2 N–H and O–H groups in total. The summed E-state index contributed by atoms with van der Waals surface area (Å²) in [5, 5.41) is 20.3. The maximum absolute atomic E-state index is 9.54. The largest absolute Gasteiger partial charge is 0.508 e. The lowest BCUT2D eigenvalue weighted by molar-refractivity contribution is 0.455. The van der Waals surface area contributed by atoms with Crippen molar-refractivity contribution in [3.63, 3.8) is 0 Å². The summed E-state index contributed by atoms with van der Waals surface area (Å²) in [5.74, 6) is 0.158. The molecule has 0 atom stereocenters. The molecule has 0 fully saturated rings. The van der Waals surface area contributed by atoms with Gasteiger partial charge in [-0.15, -0.1) is 0 Å². The van der Waals surface area contributed by atoms with Gasteiger partial charge in [0, 0.05) is 15.9 Å². The SMILES string of the molecule is Oc1cc(O)c2c(Br)cccc2c1. The fraction of sp³-hybridized carbons (Fsp3) is 0. The van der Waals surface area contributed by atoms with Crippen LogP contribution in [0.4, 0.5) is 0 Å². The first-order chi connectivity index (χ1) is 6.18. The van der Waals surface area contributed by atoms with E-state index in [-0.39, 0.29) is 11.5 Å². The molecule has 0 aliphatic heterocycles. The van der Waals surface area contributed by atoms with Crippen molar-refractivity contribution in [2.24, 2.45) is 0 Å². The van der Waals surface area contributed by atoms with E-state index in [2.05, 4.69) is 15.9 Å². The Morgan fingerprint density at radius 3 is 2.62 bits per heavy atom. The Balaban J connectivity index is 2.94. The Morgan fingerprint density at radius 2 is 1.85 bits per heavy atom. The van der Waals surface area contributed by atoms with Gasteiger partial charge in [0.2, 0.25) is 0 Å². The Kier molecular flexibility index (Phi) is 1.88. The van der Waals surface area contributed by atoms with E-state index in [0.717, 1.165) is 15.2 Å². The van der Waals surface area contributed by atoms with Crippen LogP contribution in [0.1, 0.15) is 0 Å². The molecule has 0 amide bonds. The maximum atomic E-state index is 9.54. The van der Waals surface area contributed by atoms with Crippen molar-refractivity contribution < 1.29 is 10.2 Å². The standard InChI is InChI=1S/C10H7BrO2/c11-8-3-1-2-6-4-7(12)5-9(13)10(6)8/h1-5,12-13H. The third kappa shape index (κ3) is 1.35. The van der Waals surface area contributed by atoms with E-state index in [1.54, 1.807) is 6.07 Å². The van der Waals surface area contributed by atoms with Crippen molar-refractivity contribution >= 4 is 26.7 Å². The zero-order valence-electron chi connectivity index (χ0n) is 6.66. The highest BCUT2D eigenvalue weighted by Crippen LogP contribution is 2.34. The average Bonchev–Trinajstić information content (AvgIpc) is 2.02. The third-order valence-electron chi connectivity index (χ3n) is 1.89. The van der Waals surface area contributed by atoms with Crippen LogP contribution in [0, 0.1) is 0 Å². The van der Waals surface area contributed by atoms with E-state index in [0.29, 0.717) is 0 Å². The van der Waals surface area contributed by atoms with Gasteiger partial charge in [-0.3, -0.25) is 0 Å². The third-order valence-corrected chi connectivity index (χ3v) is 2.55. The van der Waals surface area contributed by atoms with Crippen LogP contribution in [-0.4, -0.2) is 10.2 Å². The summed E-state index contributed by atoms with van der Waals surface area (Å²) >= 11 is 3.33. The van der Waals surface area contributed by atoms with Crippen LogP contribution in [0.15, 0.2) is 34.8 Å². The van der Waals surface area contributed by atoms with Gasteiger partial charge < -0.3 is 10.2 Å². The van der Waals surface area contributed by atoms with Gasteiger partial charge in [-0.2, -0.15) is 0 Å². The molecule has 0 bridgehead atoms. The minimum absolute atomic E-state index is 0.0723. The van der Waals surface area contributed by atoms with Gasteiger partial charge in [-0.1, -0.05) is 28.1 Å². The molecule has 0 heterocycles. The summed E-state index contributed by atoms with van der Waals surface area (Å²) < 4.78 is 0.822. The van der Waals surface area contributed by atoms with Crippen LogP contribution in [0.3, 0.4) is 0 Å². The van der Waals surface area contributed by atoms with Gasteiger partial charge in [-0.05, 0) is 17.5 Å². The van der Waals surface area contributed by atoms with E-state index in [1.165, 1.54) is 6.07 Å². The van der Waals surface area contributed by atoms with Gasteiger partial charge in [0.1, 0.15) is 11.5 Å². The monoisotopic (exact) mass is 238 g/mol. The molecule has 2 aromatic rings. The first-order valence-corrected chi connectivity index (χ1v) is 4.58. The van der Waals surface area contributed by atoms with Crippen molar-refractivity contribution in [3.8, 4) is 11.5 Å². The zero-order valence-corrected chi connectivity index (χ0v) is 8.25. The lowest BCUT2D eigenvalue weighted by Gasteiger charge is -2.03. The minimum atomic E-state index is 0.0723. The number of hydrogen-bond acceptors (Lipinski definition) is 2. The second-order valence-electron chi connectivity index (χ2n) is 2.80. The molecular formula is C10H7BrO2. The van der Waals surface area contributed by atoms with E-state index in [1.807, 2.05) is 18.2 Å². The summed E-state index contributed by atoms with van der Waals surface area (Å²) in [6.07, 6.45) is 0. The summed E-state index contributed by atoms with van der Waals surface area (Å²) in [5.41, 5.74) is 0. The second-order valence-corrected chi connectivity index (χ2v) is 3.66. The first-order valence-electron chi connectivity index (χ1n) is 3.78. The van der Waals surface area contributed by atoms with Crippen molar-refractivity contribution in [1.82, 2.24) is 0 Å². The Morgan fingerprint density at radius 1 is 1.08 bits per heavy atom. The average molecular weight is 239 g/mol. The second kappa shape index (κ2) is 2.92. The highest BCUT2D eigenvalue weighted by atomic mass is 79.9. The molecule has 0 spiro atoms. The van der Waals surface area contributed by atoms with Crippen molar-refractivity contribution in [2.75, 3.05) is 0 Å². The highest BCUT2D eigenvalue weighted by Gasteiger charge is 2.04. The molecule has 2 rings (SSSR count). The fourth-order valence-electron chi connectivity index (χ4n) is 1.34. The number of aromatic hydroxyl groups is 2. The lowest BCUT2D eigenvalue weighted by Crippen LogP contribution is -1.76. The van der Waals surface area contributed by atoms with Gasteiger partial charge in [0.15, 0.2) is 0 Å². The molecule has 0 saturated carbocycles. The molecule has 0 unspecified atom stereocenters. The molecule has 0 saturated heterocycles. The molecule has 2 nitrogen and oxygen atoms in total. The summed E-state index contributed by atoms with van der Waals surface area (Å²) in [6, 6.07) is 8.47. The number of fused-ring (bicyclic) bond motifs is 1. The van der Waals surface area contributed by atoms with Gasteiger partial charge in [0.05, 0.1) is 0 Å². The van der Waals surface area contributed by atoms with Crippen molar-refractivity contribution in [2.45, 2.75) is 0 Å². The predicted octanol–water partition coefficient (Wildman–Crippen LogP) is 3.01. The quantitative estimate of drug-likeness (QED) is 0.741. The van der Waals surface area contributed by atoms with E-state index in [9.17, 15) is 10.2 Å². The molecule has 13 heavy (non-hydrogen) atoms. The fourth-order valence-corrected chi connectivity index (χ4v) is 1.93. The number of hydrogen-bond donors (Lipinski definition) is 2. The number of benzene rings is 2. The summed E-state index contributed by atoms with van der Waals surface area (Å²) in [7, 11) is 0. The number of halogens is 1. The summed E-state index contributed by atoms with van der Waals surface area (Å²) in [4.78, 5) is 0. The van der Waals surface area contributed by atoms with E-state index < -0.39 is 0 Å². The molecule has 0 radical (unpaired) electrons. The molecule has 66 valence electrons. The van der Waals surface area contributed by atoms with Crippen LogP contribution >= 0.6 is 15.9 Å². The van der Waals surface area contributed by atoms with Gasteiger partial charge >= 0.3 is 0 Å². The minimum Gasteiger partial charge on any atom is -0.508 e. The highest BCUT2D eigenvalue weighted by molar-refractivity contribution is 9.10. The number of phenolic OH excluding ortho intramolecular Hbond substituents is 2. The maximum Gasteiger partial charge on any atom is 0.128 e. The van der Waals surface area contributed by atoms with E-state index >= 15 is 0 Å². The first kappa shape index (κ1) is 8.38.